The molecule has 0 saturated heterocycles. The number of rotatable bonds is 8. The zero-order chi connectivity index (χ0) is 19.7. The third kappa shape index (κ3) is 6.79. The maximum absolute atomic E-state index is 12.2. The minimum absolute atomic E-state index is 0.0619. The Morgan fingerprint density at radius 2 is 1.27 bits per heavy atom. The van der Waals surface area contributed by atoms with E-state index in [1.165, 1.54) is 20.3 Å². The second kappa shape index (κ2) is 11.0. The lowest BCUT2D eigenvalue weighted by atomic mass is 10.1. The molecule has 0 spiro atoms. The Kier molecular flexibility index (Phi) is 9.35. The number of carbonyl (C=O) groups is 4. The molecule has 0 saturated carbocycles. The van der Waals surface area contributed by atoms with E-state index in [1.807, 2.05) is 0 Å². The first-order chi connectivity index (χ1) is 12.3. The Labute approximate surface area is 159 Å². The van der Waals surface area contributed by atoms with Gasteiger partial charge in [-0.3, -0.25) is 19.2 Å². The average molecular weight is 400 g/mol. The first-order valence-corrected chi connectivity index (χ1v) is 9.38. The van der Waals surface area contributed by atoms with Gasteiger partial charge in [0.05, 0.1) is 14.2 Å². The number of thioether (sulfide) groups is 2. The third-order valence-electron chi connectivity index (χ3n) is 3.13. The normalized spacial score (nSPS) is 12.8. The van der Waals surface area contributed by atoms with Crippen LogP contribution in [-0.2, 0) is 19.1 Å². The molecular formula is C16H20N2O6S2. The van der Waals surface area contributed by atoms with Gasteiger partial charge in [0, 0.05) is 22.6 Å². The molecule has 8 nitrogen and oxygen atoms in total. The smallest absolute Gasteiger partial charge is 0.323 e. The summed E-state index contributed by atoms with van der Waals surface area (Å²) in [5, 5.41) is -0.648. The molecule has 0 radical (unpaired) electrons. The van der Waals surface area contributed by atoms with Crippen LogP contribution >= 0.6 is 23.5 Å². The van der Waals surface area contributed by atoms with Crippen LogP contribution in [0.4, 0.5) is 0 Å². The van der Waals surface area contributed by atoms with E-state index < -0.39 is 24.0 Å². The standard InChI is InChI=1S/C16H20N2O6S2/c1-23-13(19)11(17)7-25-15(21)9-4-3-5-10(6-9)16(22)26-8-12(18)14(20)24-2/h3-6,11-12H,7-8,17-18H2,1-2H3/t11-,12-/m1/s1. The Bertz CT molecular complexity index is 629. The largest absolute Gasteiger partial charge is 0.468 e. The highest BCUT2D eigenvalue weighted by atomic mass is 32.2. The van der Waals surface area contributed by atoms with Crippen LogP contribution < -0.4 is 11.5 Å². The van der Waals surface area contributed by atoms with Crippen molar-refractivity contribution in [1.29, 1.82) is 0 Å². The van der Waals surface area contributed by atoms with Crippen LogP contribution in [0.1, 0.15) is 20.7 Å². The van der Waals surface area contributed by atoms with Crippen molar-refractivity contribution in [1.82, 2.24) is 0 Å². The van der Waals surface area contributed by atoms with Gasteiger partial charge in [-0.15, -0.1) is 0 Å². The van der Waals surface area contributed by atoms with E-state index in [0.717, 1.165) is 23.5 Å². The van der Waals surface area contributed by atoms with Gasteiger partial charge in [-0.05, 0) is 6.07 Å². The topological polar surface area (TPSA) is 139 Å². The molecule has 26 heavy (non-hydrogen) atoms. The van der Waals surface area contributed by atoms with Gasteiger partial charge in [-0.2, -0.15) is 0 Å². The van der Waals surface area contributed by atoms with E-state index in [1.54, 1.807) is 18.2 Å². The number of hydrogen-bond donors (Lipinski definition) is 2. The molecular weight excluding hydrogens is 380 g/mol. The number of methoxy groups -OCH3 is 2. The lowest BCUT2D eigenvalue weighted by Crippen LogP contribution is -2.34. The number of esters is 2. The fraction of sp³-hybridized carbons (Fsp3) is 0.375. The van der Waals surface area contributed by atoms with Crippen LogP contribution in [0.5, 0.6) is 0 Å². The molecule has 1 aromatic rings. The van der Waals surface area contributed by atoms with E-state index in [0.29, 0.717) is 11.1 Å². The number of carbonyl (C=O) groups excluding carboxylic acids is 4. The van der Waals surface area contributed by atoms with Crippen LogP contribution in [0.2, 0.25) is 0 Å². The summed E-state index contributed by atoms with van der Waals surface area (Å²) < 4.78 is 8.99. The summed E-state index contributed by atoms with van der Waals surface area (Å²) >= 11 is 1.73. The van der Waals surface area contributed by atoms with Crippen LogP contribution in [0.25, 0.3) is 0 Å². The van der Waals surface area contributed by atoms with E-state index in [9.17, 15) is 19.2 Å². The van der Waals surface area contributed by atoms with Gasteiger partial charge in [0.2, 0.25) is 10.2 Å². The number of nitrogens with two attached hydrogens (primary N) is 2. The maximum Gasteiger partial charge on any atom is 0.323 e. The van der Waals surface area contributed by atoms with Crippen molar-refractivity contribution in [3.63, 3.8) is 0 Å². The molecule has 0 aliphatic heterocycles. The Morgan fingerprint density at radius 3 is 1.62 bits per heavy atom. The highest BCUT2D eigenvalue weighted by Gasteiger charge is 2.19. The molecule has 4 N–H and O–H groups in total. The van der Waals surface area contributed by atoms with Crippen molar-refractivity contribution in [3.8, 4) is 0 Å². The molecule has 0 fully saturated rings. The zero-order valence-electron chi connectivity index (χ0n) is 14.3. The molecule has 0 bridgehead atoms. The summed E-state index contributed by atoms with van der Waals surface area (Å²) in [6.45, 7) is 0. The quantitative estimate of drug-likeness (QED) is 0.591. The first kappa shape index (κ1) is 22.2. The van der Waals surface area contributed by atoms with Crippen LogP contribution in [0, 0.1) is 0 Å². The molecule has 0 unspecified atom stereocenters. The summed E-state index contributed by atoms with van der Waals surface area (Å²) in [6.07, 6.45) is 0. The van der Waals surface area contributed by atoms with E-state index >= 15 is 0 Å². The van der Waals surface area contributed by atoms with Gasteiger partial charge in [-0.25, -0.2) is 0 Å². The molecule has 1 rings (SSSR count). The molecule has 10 heteroatoms. The van der Waals surface area contributed by atoms with Gasteiger partial charge in [0.15, 0.2) is 0 Å². The molecule has 0 aliphatic carbocycles. The van der Waals surface area contributed by atoms with Gasteiger partial charge >= 0.3 is 11.9 Å². The molecule has 0 heterocycles. The van der Waals surface area contributed by atoms with Gasteiger partial charge in [0.25, 0.3) is 0 Å². The number of ether oxygens (including phenoxy) is 2. The third-order valence-corrected chi connectivity index (χ3v) is 5.18. The number of benzene rings is 1. The molecule has 0 aromatic heterocycles. The SMILES string of the molecule is COC(=O)[C@H](N)CSC(=O)c1cccc(C(=O)SC[C@@H](N)C(=O)OC)c1. The fourth-order valence-corrected chi connectivity index (χ4v) is 3.23. The number of hydrogen-bond acceptors (Lipinski definition) is 10. The first-order valence-electron chi connectivity index (χ1n) is 7.41. The summed E-state index contributed by atoms with van der Waals surface area (Å²) in [5.41, 5.74) is 11.8. The summed E-state index contributed by atoms with van der Waals surface area (Å²) in [7, 11) is 2.43. The Hall–Kier alpha value is -1.88. The highest BCUT2D eigenvalue weighted by molar-refractivity contribution is 8.14. The summed E-state index contributed by atoms with van der Waals surface area (Å²) in [5.74, 6) is -1.08. The van der Waals surface area contributed by atoms with Gasteiger partial charge < -0.3 is 20.9 Å². The highest BCUT2D eigenvalue weighted by Crippen LogP contribution is 2.19. The lowest BCUT2D eigenvalue weighted by molar-refractivity contribution is -0.142. The molecule has 2 atom stereocenters. The van der Waals surface area contributed by atoms with Crippen molar-refractivity contribution in [2.75, 3.05) is 25.7 Å². The van der Waals surface area contributed by atoms with Crippen molar-refractivity contribution in [3.05, 3.63) is 35.4 Å². The van der Waals surface area contributed by atoms with Crippen LogP contribution in [0.15, 0.2) is 24.3 Å². The second-order valence-electron chi connectivity index (χ2n) is 5.04. The van der Waals surface area contributed by atoms with Gasteiger partial charge in [-0.1, -0.05) is 41.7 Å². The molecule has 0 aliphatic rings. The fourth-order valence-electron chi connectivity index (χ4n) is 1.71. The van der Waals surface area contributed by atoms with E-state index in [4.69, 9.17) is 11.5 Å². The zero-order valence-corrected chi connectivity index (χ0v) is 15.9. The van der Waals surface area contributed by atoms with Crippen LogP contribution in [-0.4, -0.2) is 60.0 Å². The van der Waals surface area contributed by atoms with Crippen molar-refractivity contribution >= 4 is 45.7 Å². The van der Waals surface area contributed by atoms with Crippen molar-refractivity contribution < 1.29 is 28.7 Å². The van der Waals surface area contributed by atoms with E-state index in [2.05, 4.69) is 9.47 Å². The monoisotopic (exact) mass is 400 g/mol. The Morgan fingerprint density at radius 1 is 0.885 bits per heavy atom. The minimum Gasteiger partial charge on any atom is -0.468 e. The Balaban J connectivity index is 2.66. The van der Waals surface area contributed by atoms with E-state index in [-0.39, 0.29) is 21.7 Å². The maximum atomic E-state index is 12.2. The lowest BCUT2D eigenvalue weighted by Gasteiger charge is -2.09. The molecule has 1 aromatic carbocycles. The predicted octanol–water partition coefficient (Wildman–Crippen LogP) is 0.434. The minimum atomic E-state index is -0.908. The molecule has 142 valence electrons. The predicted molar refractivity (Wildman–Crippen MR) is 100 cm³/mol. The van der Waals surface area contributed by atoms with Crippen LogP contribution in [0.3, 0.4) is 0 Å². The summed E-state index contributed by atoms with van der Waals surface area (Å²) in [6, 6.07) is 4.31. The van der Waals surface area contributed by atoms with Gasteiger partial charge in [0.1, 0.15) is 12.1 Å². The second-order valence-corrected chi connectivity index (χ2v) is 7.02. The van der Waals surface area contributed by atoms with Crippen molar-refractivity contribution in [2.24, 2.45) is 11.5 Å². The molecule has 0 amide bonds. The summed E-state index contributed by atoms with van der Waals surface area (Å²) in [4.78, 5) is 46.8. The average Bonchev–Trinajstić information content (AvgIpc) is 2.68. The van der Waals surface area contributed by atoms with Crippen molar-refractivity contribution in [2.45, 2.75) is 12.1 Å².